The predicted octanol–water partition coefficient (Wildman–Crippen LogP) is 3.51. The Hall–Kier alpha value is -2.69. The third kappa shape index (κ3) is 3.20. The van der Waals surface area contributed by atoms with Gasteiger partial charge in [-0.25, -0.2) is 4.79 Å². The van der Waals surface area contributed by atoms with Crippen LogP contribution in [0, 0.1) is 10.1 Å². The second kappa shape index (κ2) is 5.97. The molecule has 0 aromatic heterocycles. The molecule has 1 atom stereocenters. The number of nitro benzene ring substituents is 1. The molecule has 0 saturated heterocycles. The lowest BCUT2D eigenvalue weighted by Gasteiger charge is -2.13. The zero-order valence-corrected chi connectivity index (χ0v) is 10.9. The van der Waals surface area contributed by atoms with E-state index in [-0.39, 0.29) is 11.3 Å². The lowest BCUT2D eigenvalue weighted by molar-refractivity contribution is -0.384. The largest absolute Gasteiger partial charge is 0.454 e. The zero-order chi connectivity index (χ0) is 14.5. The summed E-state index contributed by atoms with van der Waals surface area (Å²) in [5, 5.41) is 10.7. The van der Waals surface area contributed by atoms with Crippen molar-refractivity contribution in [2.24, 2.45) is 0 Å². The Balaban J connectivity index is 2.12. The summed E-state index contributed by atoms with van der Waals surface area (Å²) in [6.07, 6.45) is -0.414. The average molecular weight is 271 g/mol. The van der Waals surface area contributed by atoms with Gasteiger partial charge in [-0.3, -0.25) is 10.1 Å². The molecule has 0 aliphatic carbocycles. The molecule has 2 aromatic carbocycles. The molecule has 0 bridgehead atoms. The lowest BCUT2D eigenvalue weighted by atomic mass is 10.1. The quantitative estimate of drug-likeness (QED) is 0.484. The molecule has 2 rings (SSSR count). The van der Waals surface area contributed by atoms with Crippen LogP contribution in [0.25, 0.3) is 0 Å². The van der Waals surface area contributed by atoms with E-state index in [0.29, 0.717) is 0 Å². The highest BCUT2D eigenvalue weighted by atomic mass is 16.6. The van der Waals surface area contributed by atoms with Crippen molar-refractivity contribution in [3.8, 4) is 0 Å². The summed E-state index contributed by atoms with van der Waals surface area (Å²) in [6.45, 7) is 1.75. The molecule has 0 aliphatic rings. The fourth-order valence-electron chi connectivity index (χ4n) is 1.77. The Labute approximate surface area is 116 Å². The molecule has 0 fully saturated rings. The van der Waals surface area contributed by atoms with E-state index in [2.05, 4.69) is 0 Å². The van der Waals surface area contributed by atoms with E-state index in [9.17, 15) is 14.9 Å². The van der Waals surface area contributed by atoms with Gasteiger partial charge in [0.15, 0.2) is 0 Å². The van der Waals surface area contributed by atoms with E-state index in [1.165, 1.54) is 24.3 Å². The van der Waals surface area contributed by atoms with E-state index >= 15 is 0 Å². The maximum absolute atomic E-state index is 12.0. The smallest absolute Gasteiger partial charge is 0.338 e. The van der Waals surface area contributed by atoms with Crippen LogP contribution in [0.15, 0.2) is 54.6 Å². The minimum Gasteiger partial charge on any atom is -0.454 e. The first-order chi connectivity index (χ1) is 9.58. The molecule has 0 amide bonds. The highest BCUT2D eigenvalue weighted by molar-refractivity contribution is 5.90. The third-order valence-corrected chi connectivity index (χ3v) is 2.85. The van der Waals surface area contributed by atoms with Crippen molar-refractivity contribution in [2.45, 2.75) is 13.0 Å². The van der Waals surface area contributed by atoms with Crippen molar-refractivity contribution in [1.82, 2.24) is 0 Å². The fourth-order valence-corrected chi connectivity index (χ4v) is 1.77. The summed E-state index contributed by atoms with van der Waals surface area (Å²) in [6, 6.07) is 14.8. The van der Waals surface area contributed by atoms with Crippen molar-refractivity contribution in [1.29, 1.82) is 0 Å². The van der Waals surface area contributed by atoms with Crippen molar-refractivity contribution in [2.75, 3.05) is 0 Å². The van der Waals surface area contributed by atoms with E-state index in [0.717, 1.165) is 5.56 Å². The van der Waals surface area contributed by atoms with Crippen molar-refractivity contribution in [3.63, 3.8) is 0 Å². The summed E-state index contributed by atoms with van der Waals surface area (Å²) < 4.78 is 5.30. The Bertz CT molecular complexity index is 625. The van der Waals surface area contributed by atoms with Gasteiger partial charge in [0.25, 0.3) is 5.69 Å². The van der Waals surface area contributed by atoms with Crippen LogP contribution in [-0.2, 0) is 4.74 Å². The van der Waals surface area contributed by atoms with Gasteiger partial charge in [-0.05, 0) is 18.6 Å². The van der Waals surface area contributed by atoms with Gasteiger partial charge in [0.1, 0.15) is 6.10 Å². The second-order valence-electron chi connectivity index (χ2n) is 4.27. The first kappa shape index (κ1) is 13.7. The van der Waals surface area contributed by atoms with E-state index in [1.807, 2.05) is 30.3 Å². The summed E-state index contributed by atoms with van der Waals surface area (Å²) in [4.78, 5) is 22.1. The molecular formula is C15H13NO4. The van der Waals surface area contributed by atoms with Crippen LogP contribution >= 0.6 is 0 Å². The number of carbonyl (C=O) groups is 1. The standard InChI is InChI=1S/C15H13NO4/c1-11(12-6-3-2-4-7-12)20-15(17)13-8-5-9-14(10-13)16(18)19/h2-11H,1H3. The fraction of sp³-hybridized carbons (Fsp3) is 0.133. The Morgan fingerprint density at radius 1 is 1.15 bits per heavy atom. The van der Waals surface area contributed by atoms with Crippen LogP contribution in [0.4, 0.5) is 5.69 Å². The van der Waals surface area contributed by atoms with Crippen LogP contribution in [0.2, 0.25) is 0 Å². The van der Waals surface area contributed by atoms with Crippen LogP contribution in [0.5, 0.6) is 0 Å². The molecular weight excluding hydrogens is 258 g/mol. The summed E-state index contributed by atoms with van der Waals surface area (Å²) in [5.41, 5.74) is 0.903. The number of rotatable bonds is 4. The maximum Gasteiger partial charge on any atom is 0.338 e. The van der Waals surface area contributed by atoms with Crippen LogP contribution in [0.3, 0.4) is 0 Å². The molecule has 102 valence electrons. The number of ether oxygens (including phenoxy) is 1. The molecule has 2 aromatic rings. The summed E-state index contributed by atoms with van der Waals surface area (Å²) in [7, 11) is 0. The molecule has 0 aliphatic heterocycles. The van der Waals surface area contributed by atoms with Gasteiger partial charge in [0, 0.05) is 12.1 Å². The third-order valence-electron chi connectivity index (χ3n) is 2.85. The SMILES string of the molecule is CC(OC(=O)c1cccc([N+](=O)[O-])c1)c1ccccc1. The normalized spacial score (nSPS) is 11.7. The Morgan fingerprint density at radius 3 is 2.50 bits per heavy atom. The van der Waals surface area contributed by atoms with Gasteiger partial charge < -0.3 is 4.74 Å². The summed E-state index contributed by atoms with van der Waals surface area (Å²) in [5.74, 6) is -0.579. The first-order valence-corrected chi connectivity index (χ1v) is 6.08. The highest BCUT2D eigenvalue weighted by Gasteiger charge is 2.16. The van der Waals surface area contributed by atoms with Crippen molar-refractivity contribution < 1.29 is 14.5 Å². The number of hydrogen-bond donors (Lipinski definition) is 0. The van der Waals surface area contributed by atoms with E-state index in [4.69, 9.17) is 4.74 Å². The molecule has 0 N–H and O–H groups in total. The maximum atomic E-state index is 12.0. The zero-order valence-electron chi connectivity index (χ0n) is 10.9. The predicted molar refractivity (Wildman–Crippen MR) is 73.4 cm³/mol. The van der Waals surface area contributed by atoms with Gasteiger partial charge in [0.2, 0.25) is 0 Å². The number of esters is 1. The van der Waals surface area contributed by atoms with Gasteiger partial charge in [-0.2, -0.15) is 0 Å². The molecule has 0 heterocycles. The van der Waals surface area contributed by atoms with Gasteiger partial charge in [-0.15, -0.1) is 0 Å². The number of nitrogens with zero attached hydrogens (tertiary/aromatic N) is 1. The van der Waals surface area contributed by atoms with E-state index < -0.39 is 17.0 Å². The lowest BCUT2D eigenvalue weighted by Crippen LogP contribution is -2.09. The molecule has 20 heavy (non-hydrogen) atoms. The minimum absolute atomic E-state index is 0.133. The molecule has 0 spiro atoms. The first-order valence-electron chi connectivity index (χ1n) is 6.08. The van der Waals surface area contributed by atoms with Gasteiger partial charge >= 0.3 is 5.97 Å². The average Bonchev–Trinajstić information content (AvgIpc) is 2.48. The topological polar surface area (TPSA) is 69.4 Å². The van der Waals surface area contributed by atoms with Gasteiger partial charge in [0.05, 0.1) is 10.5 Å². The molecule has 0 saturated carbocycles. The van der Waals surface area contributed by atoms with Crippen molar-refractivity contribution in [3.05, 3.63) is 75.8 Å². The highest BCUT2D eigenvalue weighted by Crippen LogP contribution is 2.20. The summed E-state index contributed by atoms with van der Waals surface area (Å²) >= 11 is 0. The van der Waals surface area contributed by atoms with Gasteiger partial charge in [-0.1, -0.05) is 36.4 Å². The number of carbonyl (C=O) groups excluding carboxylic acids is 1. The van der Waals surface area contributed by atoms with Crippen LogP contribution in [-0.4, -0.2) is 10.9 Å². The number of benzene rings is 2. The van der Waals surface area contributed by atoms with Crippen molar-refractivity contribution >= 4 is 11.7 Å². The Morgan fingerprint density at radius 2 is 1.85 bits per heavy atom. The minimum atomic E-state index is -0.579. The molecule has 0 radical (unpaired) electrons. The molecule has 5 nitrogen and oxygen atoms in total. The second-order valence-corrected chi connectivity index (χ2v) is 4.27. The Kier molecular flexibility index (Phi) is 4.10. The monoisotopic (exact) mass is 271 g/mol. The van der Waals surface area contributed by atoms with E-state index in [1.54, 1.807) is 6.92 Å². The van der Waals surface area contributed by atoms with Crippen LogP contribution < -0.4 is 0 Å². The number of non-ortho nitro benzene ring substituents is 1. The number of hydrogen-bond acceptors (Lipinski definition) is 4. The number of nitro groups is 1. The van der Waals surface area contributed by atoms with Crippen LogP contribution in [0.1, 0.15) is 28.9 Å². The molecule has 5 heteroatoms. The molecule has 1 unspecified atom stereocenters.